The van der Waals surface area contributed by atoms with Crippen molar-refractivity contribution in [2.45, 2.75) is 13.5 Å². The number of aromatic nitrogens is 2. The number of thiophene rings is 1. The van der Waals surface area contributed by atoms with Gasteiger partial charge >= 0.3 is 0 Å². The molecule has 0 fully saturated rings. The smallest absolute Gasteiger partial charge is 0.163 e. The summed E-state index contributed by atoms with van der Waals surface area (Å²) in [6, 6.07) is 15.8. The lowest BCUT2D eigenvalue weighted by molar-refractivity contribution is 1.10. The Labute approximate surface area is 132 Å². The van der Waals surface area contributed by atoms with Crippen LogP contribution in [-0.2, 0) is 6.54 Å². The predicted octanol–water partition coefficient (Wildman–Crippen LogP) is 4.78. The number of halogens is 1. The fourth-order valence-electron chi connectivity index (χ4n) is 1.98. The summed E-state index contributed by atoms with van der Waals surface area (Å²) in [5, 5.41) is 3.74. The minimum atomic E-state index is 0.439. The van der Waals surface area contributed by atoms with E-state index < -0.39 is 0 Å². The van der Waals surface area contributed by atoms with Crippen LogP contribution in [0.25, 0.3) is 11.4 Å². The summed E-state index contributed by atoms with van der Waals surface area (Å²) >= 11 is 7.87. The molecule has 0 aliphatic rings. The van der Waals surface area contributed by atoms with Gasteiger partial charge in [-0.25, -0.2) is 9.97 Å². The number of benzene rings is 1. The number of rotatable bonds is 4. The van der Waals surface area contributed by atoms with Gasteiger partial charge in [-0.05, 0) is 19.1 Å². The van der Waals surface area contributed by atoms with E-state index in [1.54, 1.807) is 17.4 Å². The van der Waals surface area contributed by atoms with Crippen LogP contribution in [0, 0.1) is 6.92 Å². The zero-order chi connectivity index (χ0) is 14.7. The van der Waals surface area contributed by atoms with Crippen LogP contribution >= 0.6 is 22.9 Å². The highest BCUT2D eigenvalue weighted by molar-refractivity contribution is 7.11. The molecule has 0 aliphatic carbocycles. The lowest BCUT2D eigenvalue weighted by atomic mass is 10.2. The average Bonchev–Trinajstić information content (AvgIpc) is 2.91. The van der Waals surface area contributed by atoms with E-state index >= 15 is 0 Å². The first kappa shape index (κ1) is 14.0. The zero-order valence-corrected chi connectivity index (χ0v) is 13.1. The summed E-state index contributed by atoms with van der Waals surface area (Å²) in [6.45, 7) is 2.84. The first-order chi connectivity index (χ1) is 10.2. The maximum absolute atomic E-state index is 6.10. The van der Waals surface area contributed by atoms with E-state index in [9.17, 15) is 0 Å². The third-order valence-corrected chi connectivity index (χ3v) is 4.16. The molecule has 0 saturated carbocycles. The van der Waals surface area contributed by atoms with Crippen molar-refractivity contribution < 1.29 is 0 Å². The first-order valence-electron chi connectivity index (χ1n) is 6.60. The highest BCUT2D eigenvalue weighted by Crippen LogP contribution is 2.21. The minimum Gasteiger partial charge on any atom is -0.365 e. The van der Waals surface area contributed by atoms with Gasteiger partial charge in [0.25, 0.3) is 0 Å². The first-order valence-corrected chi connectivity index (χ1v) is 7.79. The van der Waals surface area contributed by atoms with Gasteiger partial charge in [-0.2, -0.15) is 0 Å². The van der Waals surface area contributed by atoms with Crippen LogP contribution < -0.4 is 5.32 Å². The van der Waals surface area contributed by atoms with Crippen molar-refractivity contribution in [2.75, 3.05) is 5.32 Å². The molecule has 106 valence electrons. The number of nitrogens with zero attached hydrogens (tertiary/aromatic N) is 2. The van der Waals surface area contributed by atoms with Gasteiger partial charge in [-0.1, -0.05) is 41.9 Å². The molecule has 3 nitrogen and oxygen atoms in total. The molecule has 3 aromatic rings. The monoisotopic (exact) mass is 315 g/mol. The zero-order valence-electron chi connectivity index (χ0n) is 11.5. The standard InChI is InChI=1S/C16H14ClN3S/c1-11-7-8-13(21-11)10-18-15-9-14(17)19-16(20-15)12-5-3-2-4-6-12/h2-9H,10H2,1H3,(H,18,19,20). The maximum Gasteiger partial charge on any atom is 0.163 e. The normalized spacial score (nSPS) is 10.6. The molecule has 0 unspecified atom stereocenters. The summed E-state index contributed by atoms with van der Waals surface area (Å²) in [5.74, 6) is 1.37. The van der Waals surface area contributed by atoms with Crippen LogP contribution in [0.2, 0.25) is 5.15 Å². The molecule has 2 heterocycles. The lowest BCUT2D eigenvalue weighted by Crippen LogP contribution is -2.02. The Bertz CT molecular complexity index is 740. The van der Waals surface area contributed by atoms with E-state index in [4.69, 9.17) is 11.6 Å². The largest absolute Gasteiger partial charge is 0.365 e. The Morgan fingerprint density at radius 2 is 1.90 bits per heavy atom. The molecule has 1 aromatic carbocycles. The quantitative estimate of drug-likeness (QED) is 0.704. The maximum atomic E-state index is 6.10. The van der Waals surface area contributed by atoms with Crippen LogP contribution in [0.5, 0.6) is 0 Å². The third-order valence-electron chi connectivity index (χ3n) is 2.97. The summed E-state index contributed by atoms with van der Waals surface area (Å²) in [4.78, 5) is 11.4. The summed E-state index contributed by atoms with van der Waals surface area (Å²) in [6.07, 6.45) is 0. The van der Waals surface area contributed by atoms with Crippen molar-refractivity contribution in [3.63, 3.8) is 0 Å². The van der Waals surface area contributed by atoms with E-state index in [1.165, 1.54) is 9.75 Å². The van der Waals surface area contributed by atoms with Crippen molar-refractivity contribution in [2.24, 2.45) is 0 Å². The Balaban J connectivity index is 1.81. The van der Waals surface area contributed by atoms with Crippen molar-refractivity contribution >= 4 is 28.8 Å². The van der Waals surface area contributed by atoms with Crippen LogP contribution in [-0.4, -0.2) is 9.97 Å². The molecule has 2 aromatic heterocycles. The minimum absolute atomic E-state index is 0.439. The van der Waals surface area contributed by atoms with Crippen molar-refractivity contribution in [3.05, 3.63) is 63.4 Å². The van der Waals surface area contributed by atoms with E-state index in [2.05, 4.69) is 34.3 Å². The van der Waals surface area contributed by atoms with Gasteiger partial charge in [0.2, 0.25) is 0 Å². The molecule has 5 heteroatoms. The molecular weight excluding hydrogens is 302 g/mol. The van der Waals surface area contributed by atoms with E-state index in [-0.39, 0.29) is 0 Å². The number of hydrogen-bond acceptors (Lipinski definition) is 4. The topological polar surface area (TPSA) is 37.8 Å². The second-order valence-corrected chi connectivity index (χ2v) is 6.39. The number of anilines is 1. The molecule has 21 heavy (non-hydrogen) atoms. The summed E-state index contributed by atoms with van der Waals surface area (Å²) < 4.78 is 0. The van der Waals surface area contributed by atoms with Crippen LogP contribution in [0.15, 0.2) is 48.5 Å². The Morgan fingerprint density at radius 1 is 1.10 bits per heavy atom. The second-order valence-electron chi connectivity index (χ2n) is 4.63. The summed E-state index contributed by atoms with van der Waals surface area (Å²) in [7, 11) is 0. The molecule has 0 radical (unpaired) electrons. The van der Waals surface area contributed by atoms with E-state index in [1.807, 2.05) is 30.3 Å². The van der Waals surface area contributed by atoms with Gasteiger partial charge in [0.05, 0.1) is 6.54 Å². The number of nitrogens with one attached hydrogen (secondary N) is 1. The van der Waals surface area contributed by atoms with Crippen molar-refractivity contribution in [1.82, 2.24) is 9.97 Å². The third kappa shape index (κ3) is 3.60. The van der Waals surface area contributed by atoms with Gasteiger partial charge in [-0.3, -0.25) is 0 Å². The van der Waals surface area contributed by atoms with Crippen molar-refractivity contribution in [1.29, 1.82) is 0 Å². The molecule has 0 aliphatic heterocycles. The molecule has 0 amide bonds. The Hall–Kier alpha value is -1.91. The van der Waals surface area contributed by atoms with Gasteiger partial charge in [0, 0.05) is 21.4 Å². The average molecular weight is 316 g/mol. The Morgan fingerprint density at radius 3 is 2.62 bits per heavy atom. The number of hydrogen-bond donors (Lipinski definition) is 1. The molecular formula is C16H14ClN3S. The van der Waals surface area contributed by atoms with E-state index in [0.717, 1.165) is 17.9 Å². The number of aryl methyl sites for hydroxylation is 1. The fourth-order valence-corrected chi connectivity index (χ4v) is 3.00. The summed E-state index contributed by atoms with van der Waals surface area (Å²) in [5.41, 5.74) is 0.954. The fraction of sp³-hybridized carbons (Fsp3) is 0.125. The Kier molecular flexibility index (Phi) is 4.18. The molecule has 0 atom stereocenters. The van der Waals surface area contributed by atoms with Crippen LogP contribution in [0.1, 0.15) is 9.75 Å². The van der Waals surface area contributed by atoms with Gasteiger partial charge in [0.1, 0.15) is 11.0 Å². The SMILES string of the molecule is Cc1ccc(CNc2cc(Cl)nc(-c3ccccc3)n2)s1. The second kappa shape index (κ2) is 6.24. The predicted molar refractivity (Wildman–Crippen MR) is 88.9 cm³/mol. The van der Waals surface area contributed by atoms with Crippen LogP contribution in [0.4, 0.5) is 5.82 Å². The van der Waals surface area contributed by atoms with Gasteiger partial charge in [-0.15, -0.1) is 11.3 Å². The molecule has 0 spiro atoms. The van der Waals surface area contributed by atoms with Crippen LogP contribution in [0.3, 0.4) is 0 Å². The van der Waals surface area contributed by atoms with Gasteiger partial charge in [0.15, 0.2) is 5.82 Å². The highest BCUT2D eigenvalue weighted by atomic mass is 35.5. The lowest BCUT2D eigenvalue weighted by Gasteiger charge is -2.07. The highest BCUT2D eigenvalue weighted by Gasteiger charge is 2.06. The van der Waals surface area contributed by atoms with Crippen molar-refractivity contribution in [3.8, 4) is 11.4 Å². The molecule has 0 bridgehead atoms. The molecule has 0 saturated heterocycles. The molecule has 3 rings (SSSR count). The van der Waals surface area contributed by atoms with Gasteiger partial charge < -0.3 is 5.32 Å². The molecule has 1 N–H and O–H groups in total. The van der Waals surface area contributed by atoms with E-state index in [0.29, 0.717) is 11.0 Å².